The zero-order chi connectivity index (χ0) is 13.6. The van der Waals surface area contributed by atoms with Crippen molar-refractivity contribution in [2.24, 2.45) is 0 Å². The Kier molecular flexibility index (Phi) is 2.28. The summed E-state index contributed by atoms with van der Waals surface area (Å²) in [5, 5.41) is 19.1. The van der Waals surface area contributed by atoms with Gasteiger partial charge in [0.25, 0.3) is 0 Å². The third kappa shape index (κ3) is 1.63. The van der Waals surface area contributed by atoms with Crippen LogP contribution in [0.1, 0.15) is 26.5 Å². The molecule has 0 saturated carbocycles. The fourth-order valence-electron chi connectivity index (χ4n) is 2.08. The highest BCUT2D eigenvalue weighted by molar-refractivity contribution is 6.38. The lowest BCUT2D eigenvalue weighted by molar-refractivity contribution is 0.0997. The van der Waals surface area contributed by atoms with Gasteiger partial charge in [-0.05, 0) is 18.2 Å². The Morgan fingerprint density at radius 1 is 1.11 bits per heavy atom. The van der Waals surface area contributed by atoms with Gasteiger partial charge >= 0.3 is 0 Å². The third-order valence-electron chi connectivity index (χ3n) is 2.90. The molecule has 1 aromatic heterocycles. The summed E-state index contributed by atoms with van der Waals surface area (Å²) in [6.45, 7) is 0. The van der Waals surface area contributed by atoms with E-state index in [0.29, 0.717) is 0 Å². The molecule has 1 aliphatic rings. The second-order valence-corrected chi connectivity index (χ2v) is 4.12. The largest absolute Gasteiger partial charge is 0.508 e. The van der Waals surface area contributed by atoms with Crippen LogP contribution in [0.5, 0.6) is 11.5 Å². The van der Waals surface area contributed by atoms with Crippen molar-refractivity contribution in [1.29, 1.82) is 0 Å². The molecular formula is C14H8O5. The van der Waals surface area contributed by atoms with Crippen molar-refractivity contribution < 1.29 is 24.2 Å². The van der Waals surface area contributed by atoms with Crippen molar-refractivity contribution in [3.8, 4) is 11.5 Å². The highest BCUT2D eigenvalue weighted by Gasteiger charge is 2.30. The molecule has 0 atom stereocenters. The molecule has 0 radical (unpaired) electrons. The van der Waals surface area contributed by atoms with Crippen LogP contribution in [0.4, 0.5) is 0 Å². The van der Waals surface area contributed by atoms with Crippen molar-refractivity contribution in [2.75, 3.05) is 0 Å². The lowest BCUT2D eigenvalue weighted by Crippen LogP contribution is -2.16. The second kappa shape index (κ2) is 3.84. The topological polar surface area (TPSA) is 87.7 Å². The summed E-state index contributed by atoms with van der Waals surface area (Å²) in [6, 6.07) is 5.34. The first-order valence-electron chi connectivity index (χ1n) is 5.48. The fraction of sp³-hybridized carbons (Fsp3) is 0. The number of Topliss-reactive ketones (excluding diaryl/α,β-unsaturated/α-hetero) is 1. The molecule has 2 aromatic rings. The molecule has 19 heavy (non-hydrogen) atoms. The molecule has 5 nitrogen and oxygen atoms in total. The molecule has 0 fully saturated rings. The number of hydrogen-bond donors (Lipinski definition) is 2. The summed E-state index contributed by atoms with van der Waals surface area (Å²) in [5.74, 6) is -1.40. The van der Waals surface area contributed by atoms with E-state index in [1.165, 1.54) is 6.26 Å². The van der Waals surface area contributed by atoms with E-state index >= 15 is 0 Å². The van der Waals surface area contributed by atoms with Crippen molar-refractivity contribution in [3.05, 3.63) is 53.5 Å². The van der Waals surface area contributed by atoms with Crippen LogP contribution in [-0.4, -0.2) is 21.8 Å². The predicted octanol–water partition coefficient (Wildman–Crippen LogP) is 2.15. The quantitative estimate of drug-likeness (QED) is 0.816. The third-order valence-corrected chi connectivity index (χ3v) is 2.90. The first kappa shape index (κ1) is 11.3. The zero-order valence-corrected chi connectivity index (χ0v) is 9.58. The molecule has 1 heterocycles. The maximum absolute atomic E-state index is 12.3. The number of carbonyl (C=O) groups is 2. The van der Waals surface area contributed by atoms with Crippen LogP contribution in [0.3, 0.4) is 0 Å². The van der Waals surface area contributed by atoms with Crippen LogP contribution in [-0.2, 0) is 0 Å². The number of fused-ring (bicyclic) bond motifs is 1. The van der Waals surface area contributed by atoms with Gasteiger partial charge in [0.05, 0.1) is 17.4 Å². The van der Waals surface area contributed by atoms with Crippen molar-refractivity contribution in [2.45, 2.75) is 0 Å². The van der Waals surface area contributed by atoms with Crippen LogP contribution in [0.2, 0.25) is 0 Å². The number of phenolic OH excluding ortho intramolecular Hbond substituents is 2. The molecule has 2 N–H and O–H groups in total. The lowest BCUT2D eigenvalue weighted by atomic mass is 9.87. The number of furan rings is 1. The molecule has 1 aliphatic carbocycles. The van der Waals surface area contributed by atoms with Gasteiger partial charge < -0.3 is 14.6 Å². The molecule has 1 aromatic carbocycles. The standard InChI is InChI=1S/C14H8O5/c15-7-4-9-13(10(16)5-7)11(17)6-8(14(9)18)12-2-1-3-19-12/h1-6,15-16H. The Morgan fingerprint density at radius 2 is 1.89 bits per heavy atom. The van der Waals surface area contributed by atoms with Gasteiger partial charge in [-0.3, -0.25) is 9.59 Å². The number of aromatic hydroxyl groups is 2. The maximum atomic E-state index is 12.3. The SMILES string of the molecule is O=C1C(c2ccco2)=CC(=O)c2c(O)cc(O)cc21. The Balaban J connectivity index is 2.23. The number of ketones is 2. The van der Waals surface area contributed by atoms with Gasteiger partial charge in [0.1, 0.15) is 17.3 Å². The second-order valence-electron chi connectivity index (χ2n) is 4.12. The highest BCUT2D eigenvalue weighted by atomic mass is 16.3. The Labute approximate surface area is 107 Å². The minimum absolute atomic E-state index is 0.0311. The summed E-state index contributed by atoms with van der Waals surface area (Å²) < 4.78 is 5.10. The van der Waals surface area contributed by atoms with Gasteiger partial charge in [-0.1, -0.05) is 0 Å². The van der Waals surface area contributed by atoms with E-state index in [0.717, 1.165) is 18.2 Å². The monoisotopic (exact) mass is 256 g/mol. The van der Waals surface area contributed by atoms with Crippen molar-refractivity contribution in [1.82, 2.24) is 0 Å². The number of benzene rings is 1. The molecular weight excluding hydrogens is 248 g/mol. The Morgan fingerprint density at radius 3 is 2.58 bits per heavy atom. The van der Waals surface area contributed by atoms with Crippen LogP contribution < -0.4 is 0 Å². The first-order valence-corrected chi connectivity index (χ1v) is 5.48. The molecule has 3 rings (SSSR count). The average Bonchev–Trinajstić information content (AvgIpc) is 2.86. The number of carbonyl (C=O) groups excluding carboxylic acids is 2. The predicted molar refractivity (Wildman–Crippen MR) is 65.1 cm³/mol. The number of allylic oxidation sites excluding steroid dienone is 2. The molecule has 0 saturated heterocycles. The van der Waals surface area contributed by atoms with E-state index in [1.807, 2.05) is 0 Å². The smallest absolute Gasteiger partial charge is 0.197 e. The molecule has 0 spiro atoms. The normalized spacial score (nSPS) is 14.2. The minimum atomic E-state index is -0.501. The first-order chi connectivity index (χ1) is 9.08. The Bertz CT molecular complexity index is 723. The van der Waals surface area contributed by atoms with E-state index in [1.54, 1.807) is 12.1 Å². The van der Waals surface area contributed by atoms with Crippen LogP contribution >= 0.6 is 0 Å². The maximum Gasteiger partial charge on any atom is 0.197 e. The molecule has 0 aliphatic heterocycles. The van der Waals surface area contributed by atoms with Crippen LogP contribution in [0.15, 0.2) is 41.0 Å². The molecule has 94 valence electrons. The van der Waals surface area contributed by atoms with E-state index in [2.05, 4.69) is 0 Å². The van der Waals surface area contributed by atoms with Gasteiger partial charge in [-0.25, -0.2) is 0 Å². The zero-order valence-electron chi connectivity index (χ0n) is 9.58. The van der Waals surface area contributed by atoms with Gasteiger partial charge in [-0.2, -0.15) is 0 Å². The molecule has 0 unspecified atom stereocenters. The van der Waals surface area contributed by atoms with Crippen LogP contribution in [0, 0.1) is 0 Å². The van der Waals surface area contributed by atoms with E-state index in [-0.39, 0.29) is 28.2 Å². The minimum Gasteiger partial charge on any atom is -0.508 e. The van der Waals surface area contributed by atoms with Crippen molar-refractivity contribution in [3.63, 3.8) is 0 Å². The molecule has 0 amide bonds. The van der Waals surface area contributed by atoms with E-state index in [4.69, 9.17) is 4.42 Å². The number of rotatable bonds is 1. The summed E-state index contributed by atoms with van der Waals surface area (Å²) in [7, 11) is 0. The molecule has 0 bridgehead atoms. The lowest BCUT2D eigenvalue weighted by Gasteiger charge is -2.15. The highest BCUT2D eigenvalue weighted by Crippen LogP contribution is 2.35. The summed E-state index contributed by atoms with van der Waals surface area (Å²) in [6.07, 6.45) is 2.52. The summed E-state index contributed by atoms with van der Waals surface area (Å²) >= 11 is 0. The van der Waals surface area contributed by atoms with Gasteiger partial charge in [0.2, 0.25) is 0 Å². The van der Waals surface area contributed by atoms with Crippen molar-refractivity contribution >= 4 is 17.1 Å². The Hall–Kier alpha value is -2.82. The van der Waals surface area contributed by atoms with E-state index in [9.17, 15) is 19.8 Å². The van der Waals surface area contributed by atoms with Gasteiger partial charge in [0.15, 0.2) is 11.6 Å². The van der Waals surface area contributed by atoms with Gasteiger partial charge in [-0.15, -0.1) is 0 Å². The fourth-order valence-corrected chi connectivity index (χ4v) is 2.08. The van der Waals surface area contributed by atoms with Gasteiger partial charge in [0, 0.05) is 17.7 Å². The summed E-state index contributed by atoms with van der Waals surface area (Å²) in [5.41, 5.74) is -0.0259. The number of hydrogen-bond acceptors (Lipinski definition) is 5. The van der Waals surface area contributed by atoms with E-state index < -0.39 is 17.3 Å². The number of phenols is 2. The van der Waals surface area contributed by atoms with Crippen LogP contribution in [0.25, 0.3) is 5.57 Å². The molecule has 5 heteroatoms. The summed E-state index contributed by atoms with van der Waals surface area (Å²) in [4.78, 5) is 24.2. The average molecular weight is 256 g/mol.